The number of aliphatic hydroxyl groups is 1. The number of esters is 4. The van der Waals surface area contributed by atoms with Crippen molar-refractivity contribution < 1.29 is 80.2 Å². The van der Waals surface area contributed by atoms with E-state index in [1.54, 1.807) is 0 Å². The van der Waals surface area contributed by atoms with Crippen LogP contribution in [0.1, 0.15) is 368 Å². The monoisotopic (exact) mass is 1310 g/mol. The summed E-state index contributed by atoms with van der Waals surface area (Å²) >= 11 is 0. The summed E-state index contributed by atoms with van der Waals surface area (Å²) in [5, 5.41) is 10.6. The standard InChI is InChI=1S/C70H136O17P2/c1-5-9-13-17-21-25-28-31-34-36-39-43-47-51-55-68(73)81-61-66(87-70(75)57-53-49-45-41-38-35-32-29-26-22-18-14-10-6-2)63-85-89(78,79)83-59-64(71)58-82-88(76,77)84-62-65(60-80-67(72)54-50-46-42-24-20-16-12-8-4)86-69(74)56-52-48-44-40-37-33-30-27-23-19-15-11-7-3/h64-66,71H,5-63H2,1-4H3,(H,76,77)(H,78,79)/t64-,65+,66+/m0/s1. The molecule has 0 aliphatic carbocycles. The number of ether oxygens (including phenoxy) is 4. The molecule has 0 aliphatic heterocycles. The minimum atomic E-state index is -4.95. The fourth-order valence-electron chi connectivity index (χ4n) is 10.7. The van der Waals surface area contributed by atoms with Crippen molar-refractivity contribution in [3.05, 3.63) is 0 Å². The average Bonchev–Trinajstić information content (AvgIpc) is 3.71. The molecular weight excluding hydrogens is 1170 g/mol. The highest BCUT2D eigenvalue weighted by Crippen LogP contribution is 2.45. The van der Waals surface area contributed by atoms with E-state index in [2.05, 4.69) is 27.7 Å². The Morgan fingerprint density at radius 1 is 0.270 bits per heavy atom. The molecule has 3 N–H and O–H groups in total. The second kappa shape index (κ2) is 64.8. The molecule has 17 nitrogen and oxygen atoms in total. The number of carbonyl (C=O) groups excluding carboxylic acids is 4. The van der Waals surface area contributed by atoms with E-state index < -0.39 is 97.5 Å². The number of phosphoric acid groups is 2. The molecule has 0 aromatic heterocycles. The maximum atomic E-state index is 13.0. The van der Waals surface area contributed by atoms with E-state index in [1.807, 2.05) is 0 Å². The fraction of sp³-hybridized carbons (Fsp3) is 0.943. The van der Waals surface area contributed by atoms with Gasteiger partial charge in [0.1, 0.15) is 19.3 Å². The summed E-state index contributed by atoms with van der Waals surface area (Å²) in [6, 6.07) is 0. The summed E-state index contributed by atoms with van der Waals surface area (Å²) in [7, 11) is -9.89. The summed E-state index contributed by atoms with van der Waals surface area (Å²) in [5.41, 5.74) is 0. The summed E-state index contributed by atoms with van der Waals surface area (Å²) < 4.78 is 68.2. The molecule has 0 saturated carbocycles. The molecule has 2 unspecified atom stereocenters. The number of carbonyl (C=O) groups is 4. The Morgan fingerprint density at radius 2 is 0.449 bits per heavy atom. The van der Waals surface area contributed by atoms with E-state index in [0.29, 0.717) is 25.7 Å². The number of hydrogen-bond donors (Lipinski definition) is 3. The zero-order valence-electron chi connectivity index (χ0n) is 57.4. The van der Waals surface area contributed by atoms with Gasteiger partial charge in [0.15, 0.2) is 12.2 Å². The molecule has 0 amide bonds. The lowest BCUT2D eigenvalue weighted by Crippen LogP contribution is -2.30. The van der Waals surface area contributed by atoms with E-state index >= 15 is 0 Å². The fourth-order valence-corrected chi connectivity index (χ4v) is 12.3. The van der Waals surface area contributed by atoms with E-state index in [9.17, 15) is 43.2 Å². The largest absolute Gasteiger partial charge is 0.472 e. The predicted octanol–water partition coefficient (Wildman–Crippen LogP) is 20.3. The highest BCUT2D eigenvalue weighted by Gasteiger charge is 2.30. The van der Waals surface area contributed by atoms with Crippen LogP contribution in [0.2, 0.25) is 0 Å². The summed E-state index contributed by atoms with van der Waals surface area (Å²) in [4.78, 5) is 72.5. The second-order valence-corrected chi connectivity index (χ2v) is 28.2. The molecule has 0 fully saturated rings. The summed E-state index contributed by atoms with van der Waals surface area (Å²) in [6.45, 7) is 4.93. The quantitative estimate of drug-likeness (QED) is 0.0222. The molecule has 0 aliphatic rings. The molecule has 0 spiro atoms. The smallest absolute Gasteiger partial charge is 0.462 e. The molecule has 0 saturated heterocycles. The Kier molecular flexibility index (Phi) is 63.3. The average molecular weight is 1310 g/mol. The van der Waals surface area contributed by atoms with Crippen LogP contribution in [-0.2, 0) is 65.4 Å². The maximum Gasteiger partial charge on any atom is 0.472 e. The van der Waals surface area contributed by atoms with Crippen LogP contribution in [0.15, 0.2) is 0 Å². The van der Waals surface area contributed by atoms with Gasteiger partial charge in [-0.1, -0.05) is 317 Å². The van der Waals surface area contributed by atoms with Gasteiger partial charge in [-0.15, -0.1) is 0 Å². The topological polar surface area (TPSA) is 237 Å². The number of aliphatic hydroxyl groups excluding tert-OH is 1. The van der Waals surface area contributed by atoms with Crippen LogP contribution in [0.25, 0.3) is 0 Å². The van der Waals surface area contributed by atoms with Crippen molar-refractivity contribution in [3.8, 4) is 0 Å². The molecule has 528 valence electrons. The summed E-state index contributed by atoms with van der Waals surface area (Å²) in [6.07, 6.45) is 52.6. The molecular formula is C70H136O17P2. The first-order chi connectivity index (χ1) is 43.2. The molecule has 19 heteroatoms. The number of unbranched alkanes of at least 4 members (excludes halogenated alkanes) is 45. The highest BCUT2D eigenvalue weighted by atomic mass is 31.2. The lowest BCUT2D eigenvalue weighted by atomic mass is 10.0. The maximum absolute atomic E-state index is 13.0. The first-order valence-electron chi connectivity index (χ1n) is 36.8. The molecule has 0 bridgehead atoms. The van der Waals surface area contributed by atoms with Crippen LogP contribution in [-0.4, -0.2) is 96.7 Å². The third kappa shape index (κ3) is 64.6. The van der Waals surface area contributed by atoms with Crippen LogP contribution in [0.4, 0.5) is 0 Å². The van der Waals surface area contributed by atoms with Crippen LogP contribution in [0.3, 0.4) is 0 Å². The van der Waals surface area contributed by atoms with Gasteiger partial charge in [0.05, 0.1) is 26.4 Å². The Labute approximate surface area is 543 Å². The molecule has 89 heavy (non-hydrogen) atoms. The van der Waals surface area contributed by atoms with Crippen LogP contribution >= 0.6 is 15.6 Å². The van der Waals surface area contributed by atoms with Crippen molar-refractivity contribution in [2.45, 2.75) is 386 Å². The van der Waals surface area contributed by atoms with Gasteiger partial charge in [0.25, 0.3) is 0 Å². The van der Waals surface area contributed by atoms with E-state index in [1.165, 1.54) is 193 Å². The number of phosphoric ester groups is 2. The zero-order valence-corrected chi connectivity index (χ0v) is 59.2. The Balaban J connectivity index is 5.22. The van der Waals surface area contributed by atoms with Crippen molar-refractivity contribution in [1.82, 2.24) is 0 Å². The van der Waals surface area contributed by atoms with Gasteiger partial charge in [-0.3, -0.25) is 37.3 Å². The van der Waals surface area contributed by atoms with Crippen molar-refractivity contribution in [2.24, 2.45) is 0 Å². The Morgan fingerprint density at radius 3 is 0.663 bits per heavy atom. The minimum Gasteiger partial charge on any atom is -0.462 e. The van der Waals surface area contributed by atoms with Crippen LogP contribution < -0.4 is 0 Å². The van der Waals surface area contributed by atoms with Gasteiger partial charge in [-0.05, 0) is 25.7 Å². The zero-order chi connectivity index (χ0) is 65.4. The van der Waals surface area contributed by atoms with Crippen LogP contribution in [0, 0.1) is 0 Å². The second-order valence-electron chi connectivity index (χ2n) is 25.3. The molecule has 0 radical (unpaired) electrons. The highest BCUT2D eigenvalue weighted by molar-refractivity contribution is 7.47. The van der Waals surface area contributed by atoms with Gasteiger partial charge in [0.2, 0.25) is 0 Å². The van der Waals surface area contributed by atoms with E-state index in [0.717, 1.165) is 96.3 Å². The van der Waals surface area contributed by atoms with Crippen molar-refractivity contribution in [3.63, 3.8) is 0 Å². The lowest BCUT2D eigenvalue weighted by Gasteiger charge is -2.21. The molecule has 0 heterocycles. The van der Waals surface area contributed by atoms with Gasteiger partial charge in [-0.25, -0.2) is 9.13 Å². The van der Waals surface area contributed by atoms with Gasteiger partial charge >= 0.3 is 39.5 Å². The minimum absolute atomic E-state index is 0.108. The molecule has 0 rings (SSSR count). The van der Waals surface area contributed by atoms with Gasteiger partial charge in [-0.2, -0.15) is 0 Å². The van der Waals surface area contributed by atoms with Gasteiger partial charge in [0, 0.05) is 25.7 Å². The summed E-state index contributed by atoms with van der Waals surface area (Å²) in [5.74, 6) is -2.12. The van der Waals surface area contributed by atoms with Gasteiger partial charge < -0.3 is 33.8 Å². The number of rotatable bonds is 71. The molecule has 5 atom stereocenters. The predicted molar refractivity (Wildman–Crippen MR) is 359 cm³/mol. The van der Waals surface area contributed by atoms with E-state index in [4.69, 9.17) is 37.0 Å². The Bertz CT molecular complexity index is 1710. The van der Waals surface area contributed by atoms with Crippen LogP contribution in [0.5, 0.6) is 0 Å². The third-order valence-electron chi connectivity index (χ3n) is 16.4. The van der Waals surface area contributed by atoms with Crippen molar-refractivity contribution in [2.75, 3.05) is 39.6 Å². The molecule has 0 aromatic rings. The SMILES string of the molecule is CCCCCCCCCCCCCCCCC(=O)OC[C@H](COP(=O)(O)OC[C@@H](O)COP(=O)(O)OC[C@@H](COC(=O)CCCCCCCCCC)OC(=O)CCCCCCCCCCCCCCC)OC(=O)CCCCCCCCCCCCCCCC. The van der Waals surface area contributed by atoms with Crippen molar-refractivity contribution in [1.29, 1.82) is 0 Å². The van der Waals surface area contributed by atoms with Crippen molar-refractivity contribution >= 4 is 39.5 Å². The number of hydrogen-bond acceptors (Lipinski definition) is 15. The lowest BCUT2D eigenvalue weighted by molar-refractivity contribution is -0.161. The normalized spacial score (nSPS) is 14.0. The third-order valence-corrected chi connectivity index (χ3v) is 18.3. The first-order valence-corrected chi connectivity index (χ1v) is 39.8. The molecule has 0 aromatic carbocycles. The Hall–Kier alpha value is -1.94. The van der Waals surface area contributed by atoms with E-state index in [-0.39, 0.29) is 25.7 Å². The first kappa shape index (κ1) is 87.1.